The van der Waals surface area contributed by atoms with Gasteiger partial charge in [-0.25, -0.2) is 0 Å². The third-order valence-electron chi connectivity index (χ3n) is 3.43. The molecule has 1 aliphatic heterocycles. The Kier molecular flexibility index (Phi) is 4.93. The van der Waals surface area contributed by atoms with Gasteiger partial charge < -0.3 is 15.3 Å². The molecule has 0 saturated carbocycles. The second kappa shape index (κ2) is 6.00. The largest absolute Gasteiger partial charge is 0.481 e. The molecular weight excluding hydrogens is 220 g/mol. The average molecular weight is 242 g/mol. The van der Waals surface area contributed by atoms with Gasteiger partial charge in [0.1, 0.15) is 0 Å². The van der Waals surface area contributed by atoms with Crippen molar-refractivity contribution in [2.75, 3.05) is 26.7 Å². The Morgan fingerprint density at radius 2 is 2.18 bits per heavy atom. The Hall–Kier alpha value is -1.10. The van der Waals surface area contributed by atoms with Gasteiger partial charge in [-0.2, -0.15) is 0 Å². The van der Waals surface area contributed by atoms with Crippen molar-refractivity contribution < 1.29 is 14.7 Å². The van der Waals surface area contributed by atoms with Gasteiger partial charge in [-0.3, -0.25) is 9.59 Å². The summed E-state index contributed by atoms with van der Waals surface area (Å²) in [7, 11) is 1.70. The second-order valence-electron chi connectivity index (χ2n) is 4.83. The zero-order chi connectivity index (χ0) is 12.9. The van der Waals surface area contributed by atoms with E-state index >= 15 is 0 Å². The minimum absolute atomic E-state index is 0.0118. The molecule has 1 atom stereocenters. The number of hydrogen-bond donors (Lipinski definition) is 2. The number of nitrogens with one attached hydrogen (secondary N) is 1. The smallest absolute Gasteiger partial charge is 0.305 e. The number of amides is 1. The number of carbonyl (C=O) groups is 2. The number of aliphatic carboxylic acids is 1. The van der Waals surface area contributed by atoms with E-state index in [1.807, 2.05) is 0 Å². The van der Waals surface area contributed by atoms with Crippen LogP contribution in [0.1, 0.15) is 32.6 Å². The molecule has 2 N–H and O–H groups in total. The van der Waals surface area contributed by atoms with Crippen LogP contribution in [-0.2, 0) is 9.59 Å². The van der Waals surface area contributed by atoms with Gasteiger partial charge in [-0.15, -0.1) is 0 Å². The minimum Gasteiger partial charge on any atom is -0.481 e. The molecule has 0 aromatic heterocycles. The first-order valence-corrected chi connectivity index (χ1v) is 6.20. The highest BCUT2D eigenvalue weighted by molar-refractivity contribution is 5.83. The number of carboxylic acids is 1. The lowest BCUT2D eigenvalue weighted by atomic mass is 9.81. The van der Waals surface area contributed by atoms with Gasteiger partial charge >= 0.3 is 5.97 Å². The summed E-state index contributed by atoms with van der Waals surface area (Å²) < 4.78 is 0. The molecule has 1 unspecified atom stereocenters. The number of carbonyl (C=O) groups excluding carboxylic acids is 1. The zero-order valence-electron chi connectivity index (χ0n) is 10.7. The average Bonchev–Trinajstić information content (AvgIpc) is 2.75. The molecule has 0 radical (unpaired) electrons. The lowest BCUT2D eigenvalue weighted by Gasteiger charge is -2.31. The van der Waals surface area contributed by atoms with Gasteiger partial charge in [0.2, 0.25) is 5.91 Å². The fourth-order valence-corrected chi connectivity index (χ4v) is 2.49. The molecule has 17 heavy (non-hydrogen) atoms. The SMILES string of the molecule is CCCC1(C(=O)N(C)CCC(=O)O)CCNC1. The van der Waals surface area contributed by atoms with E-state index in [0.717, 1.165) is 32.4 Å². The van der Waals surface area contributed by atoms with E-state index in [4.69, 9.17) is 5.11 Å². The lowest BCUT2D eigenvalue weighted by Crippen LogP contribution is -2.44. The fourth-order valence-electron chi connectivity index (χ4n) is 2.49. The van der Waals surface area contributed by atoms with Crippen LogP contribution < -0.4 is 5.32 Å². The van der Waals surface area contributed by atoms with E-state index in [2.05, 4.69) is 12.2 Å². The van der Waals surface area contributed by atoms with Crippen LogP contribution in [0.5, 0.6) is 0 Å². The summed E-state index contributed by atoms with van der Waals surface area (Å²) >= 11 is 0. The van der Waals surface area contributed by atoms with Crippen LogP contribution in [0.25, 0.3) is 0 Å². The highest BCUT2D eigenvalue weighted by atomic mass is 16.4. The molecule has 5 nitrogen and oxygen atoms in total. The van der Waals surface area contributed by atoms with Crippen molar-refractivity contribution in [1.82, 2.24) is 10.2 Å². The van der Waals surface area contributed by atoms with Crippen molar-refractivity contribution in [2.45, 2.75) is 32.6 Å². The molecular formula is C12H22N2O3. The molecule has 5 heteroatoms. The van der Waals surface area contributed by atoms with E-state index < -0.39 is 5.97 Å². The normalized spacial score (nSPS) is 23.6. The molecule has 0 aromatic carbocycles. The maximum atomic E-state index is 12.4. The highest BCUT2D eigenvalue weighted by Crippen LogP contribution is 2.33. The number of hydrogen-bond acceptors (Lipinski definition) is 3. The first-order chi connectivity index (χ1) is 8.02. The standard InChI is InChI=1S/C12H22N2O3/c1-3-5-12(6-7-13-9-12)11(17)14(2)8-4-10(15)16/h13H,3-9H2,1-2H3,(H,15,16). The molecule has 98 valence electrons. The van der Waals surface area contributed by atoms with Crippen molar-refractivity contribution in [3.8, 4) is 0 Å². The van der Waals surface area contributed by atoms with Crippen LogP contribution in [0.2, 0.25) is 0 Å². The molecule has 1 saturated heterocycles. The Morgan fingerprint density at radius 3 is 2.65 bits per heavy atom. The predicted octanol–water partition coefficient (Wildman–Crippen LogP) is 0.699. The van der Waals surface area contributed by atoms with Crippen LogP contribution in [-0.4, -0.2) is 48.6 Å². The van der Waals surface area contributed by atoms with E-state index in [1.165, 1.54) is 0 Å². The van der Waals surface area contributed by atoms with Gasteiger partial charge in [-0.1, -0.05) is 13.3 Å². The topological polar surface area (TPSA) is 69.6 Å². The van der Waals surface area contributed by atoms with Crippen LogP contribution in [0.4, 0.5) is 0 Å². The Bertz CT molecular complexity index is 285. The van der Waals surface area contributed by atoms with Gasteiger partial charge in [0, 0.05) is 20.1 Å². The van der Waals surface area contributed by atoms with Gasteiger partial charge in [0.05, 0.1) is 11.8 Å². The predicted molar refractivity (Wildman–Crippen MR) is 64.7 cm³/mol. The van der Waals surface area contributed by atoms with Gasteiger partial charge in [0.25, 0.3) is 0 Å². The summed E-state index contributed by atoms with van der Waals surface area (Å²) in [6, 6.07) is 0. The van der Waals surface area contributed by atoms with Crippen molar-refractivity contribution in [1.29, 1.82) is 0 Å². The molecule has 0 spiro atoms. The van der Waals surface area contributed by atoms with Crippen molar-refractivity contribution >= 4 is 11.9 Å². The third-order valence-corrected chi connectivity index (χ3v) is 3.43. The first-order valence-electron chi connectivity index (χ1n) is 6.20. The molecule has 1 fully saturated rings. The third kappa shape index (κ3) is 3.43. The number of rotatable bonds is 6. The van der Waals surface area contributed by atoms with E-state index in [-0.39, 0.29) is 17.7 Å². The van der Waals surface area contributed by atoms with E-state index in [1.54, 1.807) is 11.9 Å². The molecule has 1 heterocycles. The molecule has 0 aromatic rings. The van der Waals surface area contributed by atoms with Crippen molar-refractivity contribution in [2.24, 2.45) is 5.41 Å². The maximum Gasteiger partial charge on any atom is 0.305 e. The first kappa shape index (κ1) is 14.0. The summed E-state index contributed by atoms with van der Waals surface area (Å²) in [6.45, 7) is 3.96. The van der Waals surface area contributed by atoms with Gasteiger partial charge in [0.15, 0.2) is 0 Å². The quantitative estimate of drug-likeness (QED) is 0.719. The fraction of sp³-hybridized carbons (Fsp3) is 0.833. The molecule has 1 aliphatic rings. The summed E-state index contributed by atoms with van der Waals surface area (Å²) in [5.74, 6) is -0.774. The van der Waals surface area contributed by atoms with Crippen LogP contribution in [0, 0.1) is 5.41 Å². The Labute approximate surface area is 102 Å². The summed E-state index contributed by atoms with van der Waals surface area (Å²) in [4.78, 5) is 24.4. The molecule has 0 aliphatic carbocycles. The second-order valence-corrected chi connectivity index (χ2v) is 4.83. The number of nitrogens with zero attached hydrogens (tertiary/aromatic N) is 1. The lowest BCUT2D eigenvalue weighted by molar-refractivity contribution is -0.142. The Balaban J connectivity index is 2.61. The summed E-state index contributed by atoms with van der Waals surface area (Å²) in [5.41, 5.74) is -0.304. The molecule has 1 amide bonds. The summed E-state index contributed by atoms with van der Waals surface area (Å²) in [5, 5.41) is 11.9. The minimum atomic E-state index is -0.862. The monoisotopic (exact) mass is 242 g/mol. The molecule has 0 bridgehead atoms. The van der Waals surface area contributed by atoms with Gasteiger partial charge in [-0.05, 0) is 19.4 Å². The van der Waals surface area contributed by atoms with Crippen LogP contribution in [0.3, 0.4) is 0 Å². The van der Waals surface area contributed by atoms with E-state index in [9.17, 15) is 9.59 Å². The zero-order valence-corrected chi connectivity index (χ0v) is 10.7. The Morgan fingerprint density at radius 1 is 1.47 bits per heavy atom. The van der Waals surface area contributed by atoms with Crippen LogP contribution in [0.15, 0.2) is 0 Å². The maximum absolute atomic E-state index is 12.4. The summed E-state index contributed by atoms with van der Waals surface area (Å²) in [6.07, 6.45) is 2.71. The van der Waals surface area contributed by atoms with Crippen molar-refractivity contribution in [3.05, 3.63) is 0 Å². The van der Waals surface area contributed by atoms with E-state index in [0.29, 0.717) is 6.54 Å². The van der Waals surface area contributed by atoms with Crippen molar-refractivity contribution in [3.63, 3.8) is 0 Å². The highest BCUT2D eigenvalue weighted by Gasteiger charge is 2.41. The van der Waals surface area contributed by atoms with Crippen LogP contribution >= 0.6 is 0 Å². The number of carboxylic acid groups (broad SMARTS) is 1. The molecule has 1 rings (SSSR count).